The average molecular weight is 1310 g/mol. The molecule has 0 radical (unpaired) electrons. The smallest absolute Gasteiger partial charge is 0.195 e. The SMILES string of the molecule is FC(F)(F)C(F)(F)C1(C(F)(F)C(F)(F)F)CCC(C(F)(F)C(F)(F)F)(C(F)(F)C(F)(F)F)c2cc3c(cc21)CC=C3CCC1=CCc2cc3c(cc21)C(C(F)(F)C(F)(F)F)(C(F)(F)C(F)(F)F)CCC3(C(F)(F)C(F)(F)F)C(F)(F)C(F)(F)F. The molecule has 0 atom stereocenters. The maximum Gasteiger partial charge on any atom is 0.454 e. The predicted octanol–water partition coefficient (Wildman–Crippen LogP) is 19.2. The maximum atomic E-state index is 15.8. The molecule has 4 aliphatic carbocycles. The topological polar surface area (TPSA) is 0 Å². The summed E-state index contributed by atoms with van der Waals surface area (Å²) in [6.45, 7) is 0. The molecule has 4 aliphatic rings. The normalized spacial score (nSPS) is 20.5. The van der Waals surface area contributed by atoms with Crippen LogP contribution in [0.4, 0.5) is 176 Å². The summed E-state index contributed by atoms with van der Waals surface area (Å²) in [5.74, 6) is -64.0. The van der Waals surface area contributed by atoms with E-state index < -0.39 is 250 Å². The van der Waals surface area contributed by atoms with Gasteiger partial charge in [-0.05, 0) is 119 Å². The van der Waals surface area contributed by atoms with Crippen LogP contribution in [0.5, 0.6) is 0 Å². The fourth-order valence-corrected chi connectivity index (χ4v) is 11.7. The lowest BCUT2D eigenvalue weighted by atomic mass is 9.51. The molecule has 0 saturated heterocycles. The molecule has 0 bridgehead atoms. The van der Waals surface area contributed by atoms with Gasteiger partial charge in [-0.3, -0.25) is 0 Å². The first-order chi connectivity index (χ1) is 36.8. The number of alkyl halides is 40. The summed E-state index contributed by atoms with van der Waals surface area (Å²) in [5.41, 5.74) is -52.1. The Hall–Kier alpha value is -4.88. The number of allylic oxidation sites excluding steroid dienone is 4. The van der Waals surface area contributed by atoms with E-state index in [2.05, 4.69) is 0 Å². The highest BCUT2D eigenvalue weighted by Crippen LogP contribution is 2.75. The van der Waals surface area contributed by atoms with Crippen LogP contribution in [0.1, 0.15) is 83.0 Å². The second-order valence-electron chi connectivity index (χ2n) is 19.7. The van der Waals surface area contributed by atoms with Crippen LogP contribution in [0.3, 0.4) is 0 Å². The fraction of sp³-hybridized carbons (Fsp3) is 0.636. The van der Waals surface area contributed by atoms with Gasteiger partial charge >= 0.3 is 96.8 Å². The number of fused-ring (bicyclic) bond motifs is 4. The Kier molecular flexibility index (Phi) is 14.9. The lowest BCUT2D eigenvalue weighted by molar-refractivity contribution is -0.403. The summed E-state index contributed by atoms with van der Waals surface area (Å²) in [6.07, 6.45) is -86.4. The molecule has 478 valence electrons. The molecule has 0 unspecified atom stereocenters. The monoisotopic (exact) mass is 1310 g/mol. The lowest BCUT2D eigenvalue weighted by Gasteiger charge is -2.56. The molecule has 2 aromatic rings. The van der Waals surface area contributed by atoms with Gasteiger partial charge in [0.05, 0.1) is 0 Å². The summed E-state index contributed by atoms with van der Waals surface area (Å²) >= 11 is 0. The van der Waals surface area contributed by atoms with Gasteiger partial charge in [0.2, 0.25) is 0 Å². The lowest BCUT2D eigenvalue weighted by Crippen LogP contribution is -2.74. The molecule has 6 rings (SSSR count). The molecule has 40 heteroatoms. The van der Waals surface area contributed by atoms with Crippen molar-refractivity contribution in [3.8, 4) is 0 Å². The molecular formula is C44H22F40. The third kappa shape index (κ3) is 8.29. The van der Waals surface area contributed by atoms with Crippen molar-refractivity contribution in [1.82, 2.24) is 0 Å². The fourth-order valence-electron chi connectivity index (χ4n) is 11.7. The van der Waals surface area contributed by atoms with Gasteiger partial charge in [-0.2, -0.15) is 176 Å². The molecule has 0 aromatic heterocycles. The van der Waals surface area contributed by atoms with Gasteiger partial charge < -0.3 is 0 Å². The summed E-state index contributed by atoms with van der Waals surface area (Å²) in [7, 11) is 0. The predicted molar refractivity (Wildman–Crippen MR) is 199 cm³/mol. The van der Waals surface area contributed by atoms with E-state index in [4.69, 9.17) is 0 Å². The van der Waals surface area contributed by atoms with Gasteiger partial charge in [-0.25, -0.2) is 0 Å². The van der Waals surface area contributed by atoms with E-state index in [1.807, 2.05) is 0 Å². The van der Waals surface area contributed by atoms with E-state index in [0.717, 1.165) is 0 Å². The van der Waals surface area contributed by atoms with E-state index in [1.165, 1.54) is 0 Å². The van der Waals surface area contributed by atoms with Gasteiger partial charge in [-0.15, -0.1) is 0 Å². The van der Waals surface area contributed by atoms with Gasteiger partial charge in [0.15, 0.2) is 0 Å². The highest BCUT2D eigenvalue weighted by atomic mass is 19.5. The molecule has 0 heterocycles. The number of benzene rings is 2. The van der Waals surface area contributed by atoms with Gasteiger partial charge in [0, 0.05) is 0 Å². The first kappa shape index (κ1) is 68.2. The van der Waals surface area contributed by atoms with Crippen molar-refractivity contribution in [1.29, 1.82) is 0 Å². The van der Waals surface area contributed by atoms with Crippen molar-refractivity contribution in [2.45, 2.75) is 170 Å². The van der Waals surface area contributed by atoms with E-state index in [-0.39, 0.29) is 12.2 Å². The standard InChI is InChI=1S/C44H22F40/c45-29(46,37(61,62)63)25(30(47,48)38(64,65)66)7-9-27(33(53,54)41(73,74)75,34(55,56)42(76,77)78)23-13-19-15(3-5-17(19)11-21(23)25)1-2-16-4-6-18-12-22-24(14-20(16)18)28(35(57,58)43(79,80)81,36(59,60)44(82,83)84)10-8-26(22,31(49,50)39(67,68)69)32(51,52)40(70,71)72/h3-4,11-14H,1-2,5-10H2. The van der Waals surface area contributed by atoms with E-state index in [0.29, 0.717) is 0 Å². The van der Waals surface area contributed by atoms with Crippen molar-refractivity contribution in [2.75, 3.05) is 0 Å². The molecule has 2 aromatic carbocycles. The Morgan fingerprint density at radius 2 is 0.393 bits per heavy atom. The van der Waals surface area contributed by atoms with Gasteiger partial charge in [-0.1, -0.05) is 24.3 Å². The van der Waals surface area contributed by atoms with E-state index in [9.17, 15) is 105 Å². The van der Waals surface area contributed by atoms with E-state index in [1.54, 1.807) is 0 Å². The second-order valence-corrected chi connectivity index (χ2v) is 19.7. The molecule has 84 heavy (non-hydrogen) atoms. The Bertz CT molecular complexity index is 2660. The number of hydrogen-bond acceptors (Lipinski definition) is 0. The second kappa shape index (κ2) is 18.4. The summed E-state index contributed by atoms with van der Waals surface area (Å²) < 4.78 is 593. The first-order valence-corrected chi connectivity index (χ1v) is 22.1. The van der Waals surface area contributed by atoms with Crippen molar-refractivity contribution >= 4 is 11.1 Å². The first-order valence-electron chi connectivity index (χ1n) is 22.1. The molecule has 0 amide bonds. The molecule has 0 spiro atoms. The van der Waals surface area contributed by atoms with Gasteiger partial charge in [0.25, 0.3) is 0 Å². The molecule has 0 aliphatic heterocycles. The van der Waals surface area contributed by atoms with Crippen LogP contribution in [0.25, 0.3) is 11.1 Å². The Labute approximate surface area is 437 Å². The van der Waals surface area contributed by atoms with Crippen molar-refractivity contribution < 1.29 is 176 Å². The van der Waals surface area contributed by atoms with Crippen molar-refractivity contribution in [2.24, 2.45) is 0 Å². The number of halogens is 40. The van der Waals surface area contributed by atoms with Crippen molar-refractivity contribution in [3.63, 3.8) is 0 Å². The quantitative estimate of drug-likeness (QED) is 0.197. The third-order valence-corrected chi connectivity index (χ3v) is 15.7. The van der Waals surface area contributed by atoms with E-state index >= 15 is 70.2 Å². The van der Waals surface area contributed by atoms with Crippen LogP contribution in [0.2, 0.25) is 0 Å². The van der Waals surface area contributed by atoms with Crippen LogP contribution < -0.4 is 0 Å². The van der Waals surface area contributed by atoms with Crippen LogP contribution in [0.15, 0.2) is 36.4 Å². The third-order valence-electron chi connectivity index (χ3n) is 15.7. The Balaban J connectivity index is 1.70. The number of hydrogen-bond donors (Lipinski definition) is 0. The van der Waals surface area contributed by atoms with Crippen LogP contribution in [-0.2, 0) is 34.5 Å². The van der Waals surface area contributed by atoms with Crippen LogP contribution >= 0.6 is 0 Å². The minimum Gasteiger partial charge on any atom is -0.195 e. The maximum absolute atomic E-state index is 15.8. The zero-order valence-corrected chi connectivity index (χ0v) is 39.2. The van der Waals surface area contributed by atoms with Crippen molar-refractivity contribution in [3.05, 3.63) is 80.9 Å². The summed E-state index contributed by atoms with van der Waals surface area (Å²) in [6, 6.07) is -4.54. The minimum atomic E-state index is -8.04. The molecule has 0 N–H and O–H groups in total. The highest BCUT2D eigenvalue weighted by molar-refractivity contribution is 5.80. The molecule has 0 fully saturated rings. The Morgan fingerprint density at radius 1 is 0.238 bits per heavy atom. The molecule has 0 saturated carbocycles. The zero-order chi connectivity index (χ0) is 65.7. The minimum absolute atomic E-state index is 0.224. The largest absolute Gasteiger partial charge is 0.454 e. The van der Waals surface area contributed by atoms with Crippen LogP contribution in [0, 0.1) is 0 Å². The highest BCUT2D eigenvalue weighted by Gasteiger charge is 2.94. The zero-order valence-electron chi connectivity index (χ0n) is 39.2. The number of rotatable bonds is 11. The molecule has 0 nitrogen and oxygen atoms in total. The summed E-state index contributed by atoms with van der Waals surface area (Å²) in [5, 5.41) is 0. The summed E-state index contributed by atoms with van der Waals surface area (Å²) in [4.78, 5) is 0. The molecular weight excluding hydrogens is 1290 g/mol. The Morgan fingerprint density at radius 3 is 0.548 bits per heavy atom. The van der Waals surface area contributed by atoms with Gasteiger partial charge in [0.1, 0.15) is 21.7 Å². The van der Waals surface area contributed by atoms with Crippen LogP contribution in [-0.4, -0.2) is 96.8 Å². The average Bonchev–Trinajstić information content (AvgIpc) is 3.87.